The molecule has 1 fully saturated rings. The summed E-state index contributed by atoms with van der Waals surface area (Å²) in [6.07, 6.45) is 7.40. The van der Waals surface area contributed by atoms with Crippen LogP contribution in [0.2, 0.25) is 0 Å². The highest BCUT2D eigenvalue weighted by molar-refractivity contribution is 5.25. The van der Waals surface area contributed by atoms with Crippen LogP contribution >= 0.6 is 0 Å². The van der Waals surface area contributed by atoms with Gasteiger partial charge in [0.1, 0.15) is 0 Å². The highest BCUT2D eigenvalue weighted by atomic mass is 15.0. The maximum atomic E-state index is 4.32. The van der Waals surface area contributed by atoms with Crippen molar-refractivity contribution in [3.05, 3.63) is 23.9 Å². The van der Waals surface area contributed by atoms with E-state index in [9.17, 15) is 0 Å². The van der Waals surface area contributed by atoms with Crippen LogP contribution in [0.3, 0.4) is 0 Å². The highest BCUT2D eigenvalue weighted by Gasteiger charge is 2.18. The third-order valence-electron chi connectivity index (χ3n) is 2.02. The number of nitrogens with zero attached hydrogens (tertiary/aromatic N) is 1. The van der Waals surface area contributed by atoms with Gasteiger partial charge < -0.3 is 5.32 Å². The average Bonchev–Trinajstić information content (AvgIpc) is 2.05. The Morgan fingerprint density at radius 2 is 2.60 bits per heavy atom. The van der Waals surface area contributed by atoms with E-state index in [1.807, 2.05) is 12.3 Å². The van der Waals surface area contributed by atoms with Crippen molar-refractivity contribution in [2.75, 3.05) is 13.1 Å². The second-order valence-electron chi connectivity index (χ2n) is 2.71. The van der Waals surface area contributed by atoms with Crippen LogP contribution in [0.4, 0.5) is 0 Å². The average molecular weight is 135 g/mol. The SMILES string of the molecule is C1=CNC2CC[N]CC2=C1. The third-order valence-corrected chi connectivity index (χ3v) is 2.02. The second-order valence-corrected chi connectivity index (χ2v) is 2.71. The van der Waals surface area contributed by atoms with Crippen LogP contribution in [0.5, 0.6) is 0 Å². The molecule has 0 aliphatic carbocycles. The highest BCUT2D eigenvalue weighted by Crippen LogP contribution is 2.13. The van der Waals surface area contributed by atoms with Gasteiger partial charge in [0, 0.05) is 19.1 Å². The Labute approximate surface area is 61.0 Å². The fraction of sp³-hybridized carbons (Fsp3) is 0.500. The summed E-state index contributed by atoms with van der Waals surface area (Å²) in [6.45, 7) is 1.95. The minimum atomic E-state index is 0.586. The standard InChI is InChI=1S/C8H11N2/c1-2-7-6-9-5-3-8(7)10-4-1/h1-2,4,8,10H,3,5-6H2. The molecule has 1 atom stereocenters. The van der Waals surface area contributed by atoms with Gasteiger partial charge in [-0.15, -0.1) is 0 Å². The Bertz CT molecular complexity index is 182. The summed E-state index contributed by atoms with van der Waals surface area (Å²) < 4.78 is 0. The number of rotatable bonds is 0. The molecule has 2 nitrogen and oxygen atoms in total. The quantitative estimate of drug-likeness (QED) is 0.511. The summed E-state index contributed by atoms with van der Waals surface area (Å²) in [5.74, 6) is 0. The van der Waals surface area contributed by atoms with Gasteiger partial charge in [-0.3, -0.25) is 0 Å². The molecule has 2 aliphatic rings. The minimum absolute atomic E-state index is 0.586. The van der Waals surface area contributed by atoms with Gasteiger partial charge in [-0.2, -0.15) is 0 Å². The zero-order valence-corrected chi connectivity index (χ0v) is 5.88. The largest absolute Gasteiger partial charge is 0.384 e. The smallest absolute Gasteiger partial charge is 0.0497 e. The van der Waals surface area contributed by atoms with Gasteiger partial charge in [-0.25, -0.2) is 5.32 Å². The van der Waals surface area contributed by atoms with Gasteiger partial charge in [0.25, 0.3) is 0 Å². The molecule has 2 rings (SSSR count). The van der Waals surface area contributed by atoms with Gasteiger partial charge in [0.2, 0.25) is 0 Å². The molecule has 10 heavy (non-hydrogen) atoms. The lowest BCUT2D eigenvalue weighted by molar-refractivity contribution is 0.497. The first-order valence-corrected chi connectivity index (χ1v) is 3.72. The summed E-state index contributed by atoms with van der Waals surface area (Å²) in [4.78, 5) is 0. The molecule has 0 amide bonds. The van der Waals surface area contributed by atoms with Gasteiger partial charge >= 0.3 is 0 Å². The summed E-state index contributed by atoms with van der Waals surface area (Å²) in [6, 6.07) is 0.586. The molecule has 53 valence electrons. The number of hydrogen-bond donors (Lipinski definition) is 1. The Balaban J connectivity index is 2.14. The molecule has 0 saturated carbocycles. The van der Waals surface area contributed by atoms with E-state index >= 15 is 0 Å². The fourth-order valence-electron chi connectivity index (χ4n) is 1.43. The first-order valence-electron chi connectivity index (χ1n) is 3.72. The van der Waals surface area contributed by atoms with Crippen LogP contribution in [0.1, 0.15) is 6.42 Å². The lowest BCUT2D eigenvalue weighted by Gasteiger charge is -2.27. The van der Waals surface area contributed by atoms with E-state index in [0.717, 1.165) is 19.5 Å². The lowest BCUT2D eigenvalue weighted by atomic mass is 9.98. The molecule has 2 aliphatic heterocycles. The maximum absolute atomic E-state index is 4.32. The van der Waals surface area contributed by atoms with Gasteiger partial charge in [0.05, 0.1) is 0 Å². The Hall–Kier alpha value is -0.760. The molecule has 0 bridgehead atoms. The normalized spacial score (nSPS) is 30.4. The topological polar surface area (TPSA) is 26.1 Å². The molecule has 1 saturated heterocycles. The molecule has 2 heteroatoms. The van der Waals surface area contributed by atoms with Crippen LogP contribution in [-0.4, -0.2) is 19.1 Å². The van der Waals surface area contributed by atoms with E-state index < -0.39 is 0 Å². The molecule has 1 radical (unpaired) electrons. The molecular formula is C8H11N2. The van der Waals surface area contributed by atoms with Crippen LogP contribution < -0.4 is 10.6 Å². The van der Waals surface area contributed by atoms with E-state index in [0.29, 0.717) is 6.04 Å². The molecular weight excluding hydrogens is 124 g/mol. The molecule has 0 aromatic carbocycles. The predicted molar refractivity (Wildman–Crippen MR) is 40.6 cm³/mol. The van der Waals surface area contributed by atoms with Crippen molar-refractivity contribution >= 4 is 0 Å². The van der Waals surface area contributed by atoms with E-state index in [1.165, 1.54) is 5.57 Å². The number of hydrogen-bond acceptors (Lipinski definition) is 1. The first-order chi connectivity index (χ1) is 4.97. The van der Waals surface area contributed by atoms with Gasteiger partial charge in [-0.05, 0) is 24.3 Å². The second kappa shape index (κ2) is 2.46. The number of nitrogens with one attached hydrogen (secondary N) is 1. The molecule has 1 N–H and O–H groups in total. The van der Waals surface area contributed by atoms with Crippen molar-refractivity contribution in [2.45, 2.75) is 12.5 Å². The van der Waals surface area contributed by atoms with E-state index in [-0.39, 0.29) is 0 Å². The fourth-order valence-corrected chi connectivity index (χ4v) is 1.43. The lowest BCUT2D eigenvalue weighted by Crippen LogP contribution is -2.38. The van der Waals surface area contributed by atoms with Crippen molar-refractivity contribution in [1.29, 1.82) is 0 Å². The summed E-state index contributed by atoms with van der Waals surface area (Å²) in [7, 11) is 0. The number of fused-ring (bicyclic) bond motifs is 1. The summed E-state index contributed by atoms with van der Waals surface area (Å²) in [5.41, 5.74) is 1.44. The maximum Gasteiger partial charge on any atom is 0.0497 e. The van der Waals surface area contributed by atoms with Crippen LogP contribution in [0.15, 0.2) is 23.9 Å². The Kier molecular flexibility index (Phi) is 1.47. The zero-order valence-electron chi connectivity index (χ0n) is 5.88. The van der Waals surface area contributed by atoms with Crippen molar-refractivity contribution in [3.63, 3.8) is 0 Å². The van der Waals surface area contributed by atoms with E-state index in [1.54, 1.807) is 0 Å². The summed E-state index contributed by atoms with van der Waals surface area (Å²) in [5, 5.41) is 7.63. The van der Waals surface area contributed by atoms with Crippen molar-refractivity contribution < 1.29 is 0 Å². The van der Waals surface area contributed by atoms with Crippen molar-refractivity contribution in [2.24, 2.45) is 0 Å². The number of dihydropyridines is 1. The van der Waals surface area contributed by atoms with Crippen LogP contribution in [-0.2, 0) is 0 Å². The van der Waals surface area contributed by atoms with Gasteiger partial charge in [-0.1, -0.05) is 6.08 Å². The van der Waals surface area contributed by atoms with Crippen molar-refractivity contribution in [1.82, 2.24) is 10.6 Å². The third kappa shape index (κ3) is 0.948. The van der Waals surface area contributed by atoms with Crippen molar-refractivity contribution in [3.8, 4) is 0 Å². The zero-order chi connectivity index (χ0) is 6.81. The Morgan fingerprint density at radius 1 is 1.60 bits per heavy atom. The molecule has 0 aromatic heterocycles. The minimum Gasteiger partial charge on any atom is -0.384 e. The number of piperidine rings is 1. The summed E-state index contributed by atoms with van der Waals surface area (Å²) >= 11 is 0. The monoisotopic (exact) mass is 135 g/mol. The Morgan fingerprint density at radius 3 is 3.50 bits per heavy atom. The predicted octanol–water partition coefficient (Wildman–Crippen LogP) is 0.406. The number of allylic oxidation sites excluding steroid dienone is 2. The molecule has 0 aromatic rings. The van der Waals surface area contributed by atoms with Crippen LogP contribution in [0.25, 0.3) is 0 Å². The molecule has 2 heterocycles. The van der Waals surface area contributed by atoms with E-state index in [2.05, 4.69) is 16.7 Å². The molecule has 0 spiro atoms. The molecule has 1 unspecified atom stereocenters. The van der Waals surface area contributed by atoms with Gasteiger partial charge in [0.15, 0.2) is 0 Å². The van der Waals surface area contributed by atoms with Crippen LogP contribution in [0, 0.1) is 0 Å². The first kappa shape index (κ1) is 5.98. The van der Waals surface area contributed by atoms with E-state index in [4.69, 9.17) is 0 Å².